The monoisotopic (exact) mass is 403 g/mol. The molecule has 7 heteroatoms. The van der Waals surface area contributed by atoms with E-state index < -0.39 is 0 Å². The maximum absolute atomic E-state index is 13.2. The SMILES string of the molecule is Cc1ccc(Cn2nnc(C(=O)NC(C)c3ccc(F)cc3)c2-n2cccc2)cc1. The second-order valence-corrected chi connectivity index (χ2v) is 7.24. The zero-order valence-corrected chi connectivity index (χ0v) is 16.8. The van der Waals surface area contributed by atoms with Crippen molar-refractivity contribution in [2.45, 2.75) is 26.4 Å². The van der Waals surface area contributed by atoms with E-state index in [1.807, 2.05) is 67.2 Å². The number of aryl methyl sites for hydroxylation is 1. The normalized spacial score (nSPS) is 12.0. The quantitative estimate of drug-likeness (QED) is 0.528. The van der Waals surface area contributed by atoms with Crippen molar-refractivity contribution in [1.82, 2.24) is 24.9 Å². The van der Waals surface area contributed by atoms with Gasteiger partial charge < -0.3 is 9.88 Å². The lowest BCUT2D eigenvalue weighted by Gasteiger charge is -2.14. The Bertz CT molecular complexity index is 1130. The number of rotatable bonds is 6. The summed E-state index contributed by atoms with van der Waals surface area (Å²) in [4.78, 5) is 13.0. The molecule has 0 aliphatic rings. The second kappa shape index (κ2) is 8.32. The molecule has 0 saturated heterocycles. The fourth-order valence-corrected chi connectivity index (χ4v) is 3.26. The minimum Gasteiger partial charge on any atom is -0.344 e. The van der Waals surface area contributed by atoms with E-state index in [-0.39, 0.29) is 23.5 Å². The molecule has 2 heterocycles. The van der Waals surface area contributed by atoms with Gasteiger partial charge in [-0.15, -0.1) is 5.10 Å². The highest BCUT2D eigenvalue weighted by Gasteiger charge is 2.23. The third kappa shape index (κ3) is 4.15. The second-order valence-electron chi connectivity index (χ2n) is 7.24. The lowest BCUT2D eigenvalue weighted by molar-refractivity contribution is 0.0934. The van der Waals surface area contributed by atoms with Crippen LogP contribution in [0.4, 0.5) is 4.39 Å². The molecule has 4 rings (SSSR count). The highest BCUT2D eigenvalue weighted by Crippen LogP contribution is 2.18. The first kappa shape index (κ1) is 19.6. The van der Waals surface area contributed by atoms with E-state index in [0.717, 1.165) is 11.1 Å². The molecule has 2 aromatic heterocycles. The minimum absolute atomic E-state index is 0.229. The number of hydrogen-bond acceptors (Lipinski definition) is 3. The van der Waals surface area contributed by atoms with Crippen LogP contribution in [0.3, 0.4) is 0 Å². The lowest BCUT2D eigenvalue weighted by atomic mass is 10.1. The zero-order valence-electron chi connectivity index (χ0n) is 16.8. The molecule has 2 aromatic carbocycles. The van der Waals surface area contributed by atoms with Crippen LogP contribution >= 0.6 is 0 Å². The molecule has 1 amide bonds. The molecule has 152 valence electrons. The van der Waals surface area contributed by atoms with E-state index in [9.17, 15) is 9.18 Å². The van der Waals surface area contributed by atoms with Crippen LogP contribution in [0.2, 0.25) is 0 Å². The summed E-state index contributed by atoms with van der Waals surface area (Å²) >= 11 is 0. The van der Waals surface area contributed by atoms with Crippen molar-refractivity contribution in [2.75, 3.05) is 0 Å². The Morgan fingerprint density at radius 3 is 2.40 bits per heavy atom. The largest absolute Gasteiger partial charge is 0.344 e. The standard InChI is InChI=1S/C23H22FN5O/c1-16-5-7-18(8-6-16)15-29-23(28-13-3-4-14-28)21(26-27-29)22(30)25-17(2)19-9-11-20(24)12-10-19/h3-14,17H,15H2,1-2H3,(H,25,30). The number of nitrogens with one attached hydrogen (secondary N) is 1. The van der Waals surface area contributed by atoms with Gasteiger partial charge >= 0.3 is 0 Å². The fourth-order valence-electron chi connectivity index (χ4n) is 3.26. The van der Waals surface area contributed by atoms with Crippen LogP contribution in [0.1, 0.15) is 40.1 Å². The maximum atomic E-state index is 13.2. The van der Waals surface area contributed by atoms with Crippen molar-refractivity contribution in [3.63, 3.8) is 0 Å². The maximum Gasteiger partial charge on any atom is 0.276 e. The van der Waals surface area contributed by atoms with Crippen molar-refractivity contribution in [3.05, 3.63) is 101 Å². The van der Waals surface area contributed by atoms with Crippen LogP contribution in [0.15, 0.2) is 73.1 Å². The highest BCUT2D eigenvalue weighted by atomic mass is 19.1. The Hall–Kier alpha value is -3.74. The van der Waals surface area contributed by atoms with Crippen LogP contribution in [-0.2, 0) is 6.54 Å². The third-order valence-electron chi connectivity index (χ3n) is 4.94. The van der Waals surface area contributed by atoms with Crippen molar-refractivity contribution >= 4 is 5.91 Å². The Morgan fingerprint density at radius 2 is 1.73 bits per heavy atom. The fraction of sp³-hybridized carbons (Fsp3) is 0.174. The zero-order chi connectivity index (χ0) is 21.1. The van der Waals surface area contributed by atoms with Gasteiger partial charge in [-0.25, -0.2) is 9.07 Å². The molecule has 0 fully saturated rings. The number of benzene rings is 2. The van der Waals surface area contributed by atoms with Gasteiger partial charge in [0.1, 0.15) is 5.82 Å². The van der Waals surface area contributed by atoms with Gasteiger partial charge in [0.05, 0.1) is 12.6 Å². The first-order chi connectivity index (χ1) is 14.5. The van der Waals surface area contributed by atoms with Crippen LogP contribution < -0.4 is 5.32 Å². The molecule has 4 aromatic rings. The predicted molar refractivity (Wildman–Crippen MR) is 112 cm³/mol. The molecule has 6 nitrogen and oxygen atoms in total. The average molecular weight is 403 g/mol. The van der Waals surface area contributed by atoms with E-state index in [4.69, 9.17) is 0 Å². The number of nitrogens with zero attached hydrogens (tertiary/aromatic N) is 4. The summed E-state index contributed by atoms with van der Waals surface area (Å²) in [5.41, 5.74) is 3.27. The Labute approximate surface area is 174 Å². The van der Waals surface area contributed by atoms with Gasteiger partial charge in [0.2, 0.25) is 0 Å². The molecule has 0 spiro atoms. The average Bonchev–Trinajstić information content (AvgIpc) is 3.40. The van der Waals surface area contributed by atoms with Crippen molar-refractivity contribution in [3.8, 4) is 5.82 Å². The van der Waals surface area contributed by atoms with Gasteiger partial charge in [0.15, 0.2) is 11.5 Å². The van der Waals surface area contributed by atoms with Gasteiger partial charge in [-0.1, -0.05) is 47.2 Å². The Balaban J connectivity index is 1.62. The molecular formula is C23H22FN5O. The minimum atomic E-state index is -0.342. The molecule has 1 unspecified atom stereocenters. The number of carbonyl (C=O) groups excluding carboxylic acids is 1. The van der Waals surface area contributed by atoms with Crippen LogP contribution in [0.5, 0.6) is 0 Å². The lowest BCUT2D eigenvalue weighted by Crippen LogP contribution is -2.28. The number of hydrogen-bond donors (Lipinski definition) is 1. The summed E-state index contributed by atoms with van der Waals surface area (Å²) in [6.07, 6.45) is 3.70. The molecule has 0 bridgehead atoms. The third-order valence-corrected chi connectivity index (χ3v) is 4.94. The molecule has 30 heavy (non-hydrogen) atoms. The molecular weight excluding hydrogens is 381 g/mol. The summed E-state index contributed by atoms with van der Waals surface area (Å²) in [7, 11) is 0. The smallest absolute Gasteiger partial charge is 0.276 e. The summed E-state index contributed by atoms with van der Waals surface area (Å²) in [6.45, 7) is 4.37. The van der Waals surface area contributed by atoms with Crippen LogP contribution in [-0.4, -0.2) is 25.5 Å². The molecule has 0 aliphatic carbocycles. The van der Waals surface area contributed by atoms with Gasteiger partial charge in [-0.3, -0.25) is 4.79 Å². The van der Waals surface area contributed by atoms with Gasteiger partial charge in [-0.05, 0) is 49.2 Å². The predicted octanol–water partition coefficient (Wildman–Crippen LogP) is 4.06. The van der Waals surface area contributed by atoms with E-state index in [1.54, 1.807) is 16.8 Å². The van der Waals surface area contributed by atoms with Crippen molar-refractivity contribution < 1.29 is 9.18 Å². The van der Waals surface area contributed by atoms with Crippen molar-refractivity contribution in [2.24, 2.45) is 0 Å². The number of carbonyl (C=O) groups is 1. The van der Waals surface area contributed by atoms with Gasteiger partial charge in [0.25, 0.3) is 5.91 Å². The van der Waals surface area contributed by atoms with Crippen molar-refractivity contribution in [1.29, 1.82) is 0 Å². The molecule has 1 N–H and O–H groups in total. The van der Waals surface area contributed by atoms with Crippen LogP contribution in [0.25, 0.3) is 5.82 Å². The molecule has 0 aliphatic heterocycles. The topological polar surface area (TPSA) is 64.7 Å². The summed E-state index contributed by atoms with van der Waals surface area (Å²) in [6, 6.07) is 17.7. The van der Waals surface area contributed by atoms with Crippen LogP contribution in [0, 0.1) is 12.7 Å². The summed E-state index contributed by atoms with van der Waals surface area (Å²) in [5.74, 6) is -0.0683. The van der Waals surface area contributed by atoms with E-state index in [2.05, 4.69) is 15.6 Å². The molecule has 0 radical (unpaired) electrons. The molecule has 1 atom stereocenters. The highest BCUT2D eigenvalue weighted by molar-refractivity contribution is 5.95. The Kier molecular flexibility index (Phi) is 5.43. The first-order valence-electron chi connectivity index (χ1n) is 9.70. The van der Waals surface area contributed by atoms with Gasteiger partial charge in [-0.2, -0.15) is 0 Å². The van der Waals surface area contributed by atoms with E-state index in [1.165, 1.54) is 17.7 Å². The van der Waals surface area contributed by atoms with E-state index >= 15 is 0 Å². The number of amides is 1. The summed E-state index contributed by atoms with van der Waals surface area (Å²) < 4.78 is 16.7. The van der Waals surface area contributed by atoms with E-state index in [0.29, 0.717) is 12.4 Å². The molecule has 0 saturated carbocycles. The Morgan fingerprint density at radius 1 is 1.07 bits per heavy atom. The first-order valence-corrected chi connectivity index (χ1v) is 9.70. The van der Waals surface area contributed by atoms with Gasteiger partial charge in [0, 0.05) is 12.4 Å². The number of aromatic nitrogens is 4. The summed E-state index contributed by atoms with van der Waals surface area (Å²) in [5, 5.41) is 11.3. The number of halogens is 1.